The Morgan fingerprint density at radius 1 is 1.22 bits per heavy atom. The van der Waals surface area contributed by atoms with Crippen LogP contribution in [0, 0.1) is 23.4 Å². The summed E-state index contributed by atoms with van der Waals surface area (Å²) in [4.78, 5) is 30.2. The fraction of sp³-hybridized carbons (Fsp3) is 0.318. The summed E-state index contributed by atoms with van der Waals surface area (Å²) < 4.78 is 44.0. The molecule has 7 nitrogen and oxygen atoms in total. The van der Waals surface area contributed by atoms with E-state index >= 15 is 4.39 Å². The molecule has 1 saturated heterocycles. The van der Waals surface area contributed by atoms with Crippen LogP contribution < -0.4 is 16.1 Å². The van der Waals surface area contributed by atoms with Gasteiger partial charge in [0.25, 0.3) is 0 Å². The van der Waals surface area contributed by atoms with Crippen molar-refractivity contribution in [1.82, 2.24) is 9.55 Å². The number of nitrogens with two attached hydrogens (primary N) is 1. The van der Waals surface area contributed by atoms with Gasteiger partial charge in [-0.2, -0.15) is 0 Å². The van der Waals surface area contributed by atoms with Crippen molar-refractivity contribution in [2.24, 2.45) is 11.7 Å². The molecule has 4 rings (SSSR count). The van der Waals surface area contributed by atoms with Crippen molar-refractivity contribution in [2.75, 3.05) is 18.0 Å². The topological polar surface area (TPSA) is 101 Å². The number of aromatic carboxylic acids is 1. The average molecular weight is 446 g/mol. The van der Waals surface area contributed by atoms with E-state index < -0.39 is 40.0 Å². The lowest BCUT2D eigenvalue weighted by molar-refractivity contribution is 0.0695. The predicted molar refractivity (Wildman–Crippen MR) is 113 cm³/mol. The molecule has 0 spiro atoms. The third-order valence-corrected chi connectivity index (χ3v) is 5.85. The zero-order valence-corrected chi connectivity index (χ0v) is 17.4. The number of carbonyl (C=O) groups is 1. The number of pyridine rings is 2. The van der Waals surface area contributed by atoms with Crippen molar-refractivity contribution < 1.29 is 23.1 Å². The molecule has 1 fully saturated rings. The Balaban J connectivity index is 1.96. The highest BCUT2D eigenvalue weighted by Gasteiger charge is 2.34. The first kappa shape index (κ1) is 21.8. The molecule has 2 aromatic heterocycles. The van der Waals surface area contributed by atoms with Crippen LogP contribution in [0.5, 0.6) is 0 Å². The zero-order valence-electron chi connectivity index (χ0n) is 17.4. The average Bonchev–Trinajstić information content (AvgIpc) is 3.19. The fourth-order valence-electron chi connectivity index (χ4n) is 4.01. The van der Waals surface area contributed by atoms with Crippen molar-refractivity contribution in [3.8, 4) is 5.69 Å². The second kappa shape index (κ2) is 7.63. The summed E-state index contributed by atoms with van der Waals surface area (Å²) in [5, 5.41) is 9.08. The molecular formula is C22H21F3N4O3. The SMILES string of the molecule is CC(C)(N)C1CCN(c2nc3c(cc2F)c(=O)c(C(=O)O)cn3-c2ccc(F)cc2F)C1. The number of aromatic nitrogens is 2. The number of rotatable bonds is 4. The summed E-state index contributed by atoms with van der Waals surface area (Å²) >= 11 is 0. The smallest absolute Gasteiger partial charge is 0.341 e. The quantitative estimate of drug-likeness (QED) is 0.639. The Morgan fingerprint density at radius 3 is 2.53 bits per heavy atom. The molecule has 1 aliphatic heterocycles. The predicted octanol–water partition coefficient (Wildman–Crippen LogP) is 3.06. The molecule has 0 aliphatic carbocycles. The van der Waals surface area contributed by atoms with E-state index in [0.717, 1.165) is 29.0 Å². The number of benzene rings is 1. The van der Waals surface area contributed by atoms with Gasteiger partial charge in [-0.05, 0) is 44.4 Å². The van der Waals surface area contributed by atoms with Crippen LogP contribution >= 0.6 is 0 Å². The number of halogens is 3. The Labute approximate surface area is 180 Å². The van der Waals surface area contributed by atoms with E-state index in [1.54, 1.807) is 4.90 Å². The summed E-state index contributed by atoms with van der Waals surface area (Å²) in [6.45, 7) is 4.67. The molecule has 1 unspecified atom stereocenters. The van der Waals surface area contributed by atoms with E-state index in [-0.39, 0.29) is 28.5 Å². The first-order valence-corrected chi connectivity index (χ1v) is 9.96. The van der Waals surface area contributed by atoms with Crippen LogP contribution in [0.4, 0.5) is 19.0 Å². The van der Waals surface area contributed by atoms with Gasteiger partial charge in [0, 0.05) is 30.9 Å². The first-order chi connectivity index (χ1) is 15.0. The van der Waals surface area contributed by atoms with E-state index in [1.807, 2.05) is 13.8 Å². The van der Waals surface area contributed by atoms with Crippen LogP contribution in [-0.4, -0.2) is 39.3 Å². The Bertz CT molecular complexity index is 1300. The number of hydrogen-bond donors (Lipinski definition) is 2. The van der Waals surface area contributed by atoms with Crippen molar-refractivity contribution >= 4 is 22.8 Å². The minimum absolute atomic E-state index is 0.0528. The van der Waals surface area contributed by atoms with Crippen LogP contribution in [0.15, 0.2) is 35.3 Å². The lowest BCUT2D eigenvalue weighted by atomic mass is 9.88. The molecule has 10 heteroatoms. The molecule has 1 atom stereocenters. The van der Waals surface area contributed by atoms with Crippen molar-refractivity contribution in [3.05, 3.63) is 63.7 Å². The summed E-state index contributed by atoms with van der Waals surface area (Å²) in [7, 11) is 0. The monoisotopic (exact) mass is 446 g/mol. The molecule has 0 radical (unpaired) electrons. The number of hydrogen-bond acceptors (Lipinski definition) is 5. The van der Waals surface area contributed by atoms with Gasteiger partial charge in [0.1, 0.15) is 17.2 Å². The number of nitrogens with zero attached hydrogens (tertiary/aromatic N) is 3. The largest absolute Gasteiger partial charge is 0.477 e. The third-order valence-electron chi connectivity index (χ3n) is 5.85. The highest BCUT2D eigenvalue weighted by Crippen LogP contribution is 2.31. The van der Waals surface area contributed by atoms with Gasteiger partial charge in [-0.25, -0.2) is 22.9 Å². The van der Waals surface area contributed by atoms with Gasteiger partial charge in [-0.3, -0.25) is 9.36 Å². The first-order valence-electron chi connectivity index (χ1n) is 9.96. The lowest BCUT2D eigenvalue weighted by Gasteiger charge is -2.27. The van der Waals surface area contributed by atoms with Crippen molar-refractivity contribution in [3.63, 3.8) is 0 Å². The second-order valence-corrected chi connectivity index (χ2v) is 8.56. The van der Waals surface area contributed by atoms with Gasteiger partial charge < -0.3 is 15.7 Å². The van der Waals surface area contributed by atoms with E-state index in [2.05, 4.69) is 4.98 Å². The van der Waals surface area contributed by atoms with E-state index in [1.165, 1.54) is 0 Å². The minimum atomic E-state index is -1.56. The maximum atomic E-state index is 15.0. The summed E-state index contributed by atoms with van der Waals surface area (Å²) in [6.07, 6.45) is 1.62. The Hall–Kier alpha value is -3.40. The summed E-state index contributed by atoms with van der Waals surface area (Å²) in [5.41, 5.74) is 3.68. The molecule has 1 aromatic carbocycles. The minimum Gasteiger partial charge on any atom is -0.477 e. The van der Waals surface area contributed by atoms with Crippen molar-refractivity contribution in [2.45, 2.75) is 25.8 Å². The number of fused-ring (bicyclic) bond motifs is 1. The van der Waals surface area contributed by atoms with E-state index in [4.69, 9.17) is 5.73 Å². The summed E-state index contributed by atoms with van der Waals surface area (Å²) in [5.74, 6) is -4.18. The zero-order chi connectivity index (χ0) is 23.4. The van der Waals surface area contributed by atoms with Gasteiger partial charge in [0.05, 0.1) is 11.1 Å². The standard InChI is InChI=1S/C22H21F3N4O3/c1-22(2,26)11-5-6-28(9-11)20-16(25)8-13-18(30)14(21(31)32)10-29(19(13)27-20)17-4-3-12(23)7-15(17)24/h3-4,7-8,10-11H,5-6,9,26H2,1-2H3,(H,31,32). The molecular weight excluding hydrogens is 425 g/mol. The molecule has 0 bridgehead atoms. The molecule has 3 N–H and O–H groups in total. The maximum absolute atomic E-state index is 15.0. The fourth-order valence-corrected chi connectivity index (χ4v) is 4.01. The molecule has 1 aliphatic rings. The summed E-state index contributed by atoms with van der Waals surface area (Å²) in [6, 6.07) is 3.61. The third kappa shape index (κ3) is 3.70. The molecule has 32 heavy (non-hydrogen) atoms. The highest BCUT2D eigenvalue weighted by molar-refractivity contribution is 5.92. The normalized spacial score (nSPS) is 16.7. The number of carboxylic acids is 1. The van der Waals surface area contributed by atoms with E-state index in [0.29, 0.717) is 25.6 Å². The van der Waals surface area contributed by atoms with Gasteiger partial charge in [-0.1, -0.05) is 0 Å². The van der Waals surface area contributed by atoms with Gasteiger partial charge in [-0.15, -0.1) is 0 Å². The maximum Gasteiger partial charge on any atom is 0.341 e. The Morgan fingerprint density at radius 2 is 1.94 bits per heavy atom. The van der Waals surface area contributed by atoms with Gasteiger partial charge >= 0.3 is 5.97 Å². The van der Waals surface area contributed by atoms with Gasteiger partial charge in [0.2, 0.25) is 5.43 Å². The molecule has 0 amide bonds. The van der Waals surface area contributed by atoms with Crippen LogP contribution in [0.1, 0.15) is 30.6 Å². The van der Waals surface area contributed by atoms with Crippen molar-refractivity contribution in [1.29, 1.82) is 0 Å². The highest BCUT2D eigenvalue weighted by atomic mass is 19.1. The molecule has 0 saturated carbocycles. The number of carboxylic acid groups (broad SMARTS) is 1. The molecule has 168 valence electrons. The van der Waals surface area contributed by atoms with Crippen LogP contribution in [0.2, 0.25) is 0 Å². The van der Waals surface area contributed by atoms with E-state index in [9.17, 15) is 23.5 Å². The molecule has 3 aromatic rings. The van der Waals surface area contributed by atoms with Crippen LogP contribution in [-0.2, 0) is 0 Å². The number of anilines is 1. The van der Waals surface area contributed by atoms with Crippen LogP contribution in [0.25, 0.3) is 16.7 Å². The van der Waals surface area contributed by atoms with Gasteiger partial charge in [0.15, 0.2) is 17.3 Å². The Kier molecular flexibility index (Phi) is 5.20. The second-order valence-electron chi connectivity index (χ2n) is 8.56. The molecule has 3 heterocycles. The van der Waals surface area contributed by atoms with Crippen LogP contribution in [0.3, 0.4) is 0 Å². The lowest BCUT2D eigenvalue weighted by Crippen LogP contribution is -2.42.